The van der Waals surface area contributed by atoms with E-state index in [9.17, 15) is 43.5 Å². The predicted molar refractivity (Wildman–Crippen MR) is 273 cm³/mol. The highest BCUT2D eigenvalue weighted by atomic mass is 28.4. The maximum absolute atomic E-state index is 14.5. The third-order valence-corrected chi connectivity index (χ3v) is 18.4. The molecule has 8 rings (SSSR count). The number of carbonyl (C=O) groups is 8. The second-order valence-electron chi connectivity index (χ2n) is 20.2. The van der Waals surface area contributed by atoms with Crippen molar-refractivity contribution in [1.82, 2.24) is 0 Å². The largest absolute Gasteiger partial charge is 0.459 e. The number of aliphatic hydroxyl groups excluding tert-OH is 1. The highest BCUT2D eigenvalue weighted by molar-refractivity contribution is 6.99. The Morgan fingerprint density at radius 3 is 1.55 bits per heavy atom. The number of benzene rings is 3. The third-order valence-electron chi connectivity index (χ3n) is 13.4. The maximum Gasteiger partial charge on any atom is 0.339 e. The van der Waals surface area contributed by atoms with E-state index in [4.69, 9.17) is 70.7 Å². The smallest absolute Gasteiger partial charge is 0.339 e. The molecule has 3 saturated heterocycles. The first-order valence-electron chi connectivity index (χ1n) is 25.6. The summed E-state index contributed by atoms with van der Waals surface area (Å²) in [4.78, 5) is 106. The van der Waals surface area contributed by atoms with E-state index in [1.54, 1.807) is 0 Å². The van der Waals surface area contributed by atoms with Crippen molar-refractivity contribution >= 4 is 66.4 Å². The molecule has 24 nitrogen and oxygen atoms in total. The van der Waals surface area contributed by atoms with Crippen LogP contribution in [0.4, 0.5) is 0 Å². The predicted octanol–water partition coefficient (Wildman–Crippen LogP) is 2.13. The number of aliphatic hydroxyl groups is 1. The summed E-state index contributed by atoms with van der Waals surface area (Å²) in [5.41, 5.74) is -0.737. The van der Waals surface area contributed by atoms with E-state index in [0.717, 1.165) is 51.9 Å². The van der Waals surface area contributed by atoms with E-state index in [0.29, 0.717) is 0 Å². The summed E-state index contributed by atoms with van der Waals surface area (Å²) in [7, 11) is -2.28. The molecular weight excluding hydrogens is 1070 g/mol. The zero-order valence-electron chi connectivity index (χ0n) is 45.7. The third kappa shape index (κ3) is 13.9. The number of fused-ring (bicyclic) bond motifs is 6. The average molecular weight is 1140 g/mol. The molecule has 5 heterocycles. The first kappa shape index (κ1) is 60.9. The summed E-state index contributed by atoms with van der Waals surface area (Å²) < 4.78 is 91.0. The van der Waals surface area contributed by atoms with E-state index in [1.165, 1.54) is 31.4 Å². The molecule has 0 unspecified atom stereocenters. The fourth-order valence-electron chi connectivity index (χ4n) is 10.3. The van der Waals surface area contributed by atoms with Crippen LogP contribution < -0.4 is 10.4 Å². The minimum Gasteiger partial charge on any atom is -0.459 e. The summed E-state index contributed by atoms with van der Waals surface area (Å²) >= 11 is 0. The fraction of sp³-hybridized carbons (Fsp3) is 0.527. The van der Waals surface area contributed by atoms with Crippen molar-refractivity contribution in [3.8, 4) is 0 Å². The molecule has 3 aromatic rings. The van der Waals surface area contributed by atoms with Crippen molar-refractivity contribution in [2.24, 2.45) is 0 Å². The second kappa shape index (κ2) is 26.3. The maximum atomic E-state index is 14.5. The van der Waals surface area contributed by atoms with Gasteiger partial charge in [0, 0.05) is 48.7 Å². The number of ether oxygens (including phenoxy) is 14. The van der Waals surface area contributed by atoms with Crippen LogP contribution in [0.2, 0.25) is 5.04 Å². The van der Waals surface area contributed by atoms with Gasteiger partial charge < -0.3 is 75.8 Å². The SMILES string of the molecule is CO[C@H]1O[C@@H]2CO[C@H]3O[C@H](COC(=O)c4ccccc4C(=O)O[C@H]1[C@@H](O[C@H]1O[C@H](CO[Si](c4ccccc4)(c4ccccc4)C(C)(C)C)[C@@H](OC(C)=O)[C@H](OC(C)=O)[C@@H]1OC(C)=O)[C@@H]2O)[C@@H](OC(C)=O)[C@H](OC(C)=O)[C@@H]3OC(C)=O. The van der Waals surface area contributed by atoms with Crippen molar-refractivity contribution in [3.05, 3.63) is 96.1 Å². The van der Waals surface area contributed by atoms with E-state index < -0.39 is 173 Å². The van der Waals surface area contributed by atoms with Crippen LogP contribution in [0, 0.1) is 0 Å². The zero-order valence-corrected chi connectivity index (χ0v) is 46.7. The van der Waals surface area contributed by atoms with Gasteiger partial charge >= 0.3 is 47.8 Å². The van der Waals surface area contributed by atoms with E-state index in [2.05, 4.69) is 0 Å². The lowest BCUT2D eigenvalue weighted by molar-refractivity contribution is -0.363. The first-order chi connectivity index (χ1) is 37.9. The molecule has 3 aromatic carbocycles. The summed E-state index contributed by atoms with van der Waals surface area (Å²) in [6, 6.07) is 24.3. The molecule has 0 spiro atoms. The molecule has 0 amide bonds. The zero-order chi connectivity index (χ0) is 58.2. The molecular formula is C55H66O24Si. The van der Waals surface area contributed by atoms with Gasteiger partial charge in [-0.25, -0.2) is 9.59 Å². The van der Waals surface area contributed by atoms with Gasteiger partial charge in [0.2, 0.25) is 0 Å². The van der Waals surface area contributed by atoms with Crippen molar-refractivity contribution < 1.29 is 114 Å². The molecule has 80 heavy (non-hydrogen) atoms. The van der Waals surface area contributed by atoms with Crippen LogP contribution in [0.5, 0.6) is 0 Å². The Kier molecular flexibility index (Phi) is 20.0. The first-order valence-corrected chi connectivity index (χ1v) is 27.5. The molecule has 434 valence electrons. The van der Waals surface area contributed by atoms with Crippen molar-refractivity contribution in [2.75, 3.05) is 26.9 Å². The van der Waals surface area contributed by atoms with Crippen molar-refractivity contribution in [2.45, 2.75) is 159 Å². The van der Waals surface area contributed by atoms with Crippen molar-refractivity contribution in [1.29, 1.82) is 0 Å². The summed E-state index contributed by atoms with van der Waals surface area (Å²) in [6.07, 6.45) is -25.7. The summed E-state index contributed by atoms with van der Waals surface area (Å²) in [5, 5.41) is 13.7. The fourth-order valence-corrected chi connectivity index (χ4v) is 14.9. The normalized spacial score (nSPS) is 30.0. The Labute approximate surface area is 461 Å². The molecule has 1 N–H and O–H groups in total. The van der Waals surface area contributed by atoms with E-state index in [1.807, 2.05) is 81.4 Å². The molecule has 4 bridgehead atoms. The Hall–Kier alpha value is -6.68. The lowest BCUT2D eigenvalue weighted by Gasteiger charge is -2.49. The van der Waals surface area contributed by atoms with E-state index in [-0.39, 0.29) is 11.1 Å². The highest BCUT2D eigenvalue weighted by Gasteiger charge is 2.59. The van der Waals surface area contributed by atoms with Gasteiger partial charge in [0.25, 0.3) is 8.32 Å². The van der Waals surface area contributed by atoms with Crippen LogP contribution in [0.25, 0.3) is 0 Å². The Balaban J connectivity index is 1.35. The molecule has 3 fully saturated rings. The number of carbonyl (C=O) groups excluding carboxylic acids is 8. The van der Waals surface area contributed by atoms with Crippen LogP contribution in [-0.2, 0) is 99.5 Å². The van der Waals surface area contributed by atoms with Gasteiger partial charge in [-0.1, -0.05) is 93.6 Å². The van der Waals surface area contributed by atoms with Gasteiger partial charge in [-0.15, -0.1) is 0 Å². The lowest BCUT2D eigenvalue weighted by atomic mass is 9.95. The van der Waals surface area contributed by atoms with Gasteiger partial charge in [-0.05, 0) is 27.5 Å². The average Bonchev–Trinajstić information content (AvgIpc) is 3.41. The molecule has 5 aliphatic rings. The quantitative estimate of drug-likeness (QED) is 0.137. The van der Waals surface area contributed by atoms with Crippen molar-refractivity contribution in [3.63, 3.8) is 0 Å². The van der Waals surface area contributed by atoms with Gasteiger partial charge in [-0.2, -0.15) is 0 Å². The number of esters is 8. The Morgan fingerprint density at radius 1 is 0.550 bits per heavy atom. The molecule has 25 heteroatoms. The molecule has 0 aliphatic carbocycles. The minimum absolute atomic E-state index is 0.358. The standard InChI is InChI=1S/C55H66O24Si/c1-28(56)69-42-39-26-66-50(63)36-23-17-18-24-37(36)51(64)78-47-44(41(62)38(75-52(47)65-10)25-67-53(76-39)48(73-32(5)60)45(42)71-30(3)58)79-54-49(74-33(6)61)46(72-31(4)59)43(70-29(2)57)40(77-54)27-68-80(55(7,8)9,34-19-13-11-14-20-34)35-21-15-12-16-22-35/h11-24,38-49,52-54,62H,25-27H2,1-10H3/t38-,39-,40-,41-,42-,43-,44+,45+,46+,47+,48+,49+,52+,53+,54-/m1/s1. The number of hydrogen-bond acceptors (Lipinski definition) is 24. The minimum atomic E-state index is -3.45. The molecule has 15 atom stereocenters. The topological polar surface area (TPSA) is 295 Å². The van der Waals surface area contributed by atoms with Crippen LogP contribution >= 0.6 is 0 Å². The monoisotopic (exact) mass is 1140 g/mol. The van der Waals surface area contributed by atoms with E-state index >= 15 is 0 Å². The van der Waals surface area contributed by atoms with Gasteiger partial charge in [0.05, 0.1) is 24.3 Å². The van der Waals surface area contributed by atoms with Crippen LogP contribution in [0.15, 0.2) is 84.9 Å². The molecule has 0 radical (unpaired) electrons. The number of hydrogen-bond donors (Lipinski definition) is 1. The molecule has 0 aromatic heterocycles. The van der Waals surface area contributed by atoms with Crippen LogP contribution in [0.1, 0.15) is 83.0 Å². The number of rotatable bonds is 14. The van der Waals surface area contributed by atoms with Crippen LogP contribution in [-0.4, -0.2) is 180 Å². The highest BCUT2D eigenvalue weighted by Crippen LogP contribution is 2.40. The van der Waals surface area contributed by atoms with Crippen LogP contribution in [0.3, 0.4) is 0 Å². The number of methoxy groups -OCH3 is 1. The van der Waals surface area contributed by atoms with Gasteiger partial charge in [0.15, 0.2) is 61.6 Å². The molecule has 0 saturated carbocycles. The summed E-state index contributed by atoms with van der Waals surface area (Å²) in [5.74, 6) is -7.78. The second-order valence-corrected chi connectivity index (χ2v) is 24.5. The Morgan fingerprint density at radius 2 is 1.02 bits per heavy atom. The Bertz CT molecular complexity index is 2660. The molecule has 5 aliphatic heterocycles. The van der Waals surface area contributed by atoms with Gasteiger partial charge in [0.1, 0.15) is 37.1 Å². The summed E-state index contributed by atoms with van der Waals surface area (Å²) in [6.45, 7) is 10.6. The lowest BCUT2D eigenvalue weighted by Crippen LogP contribution is -2.69. The van der Waals surface area contributed by atoms with Gasteiger partial charge in [-0.3, -0.25) is 28.8 Å².